The van der Waals surface area contributed by atoms with Crippen LogP contribution in [0.15, 0.2) is 0 Å². The second-order valence-corrected chi connectivity index (χ2v) is 6.29. The quantitative estimate of drug-likeness (QED) is 0.787. The van der Waals surface area contributed by atoms with E-state index in [1.807, 2.05) is 11.9 Å². The minimum absolute atomic E-state index is 0.323. The Bertz CT molecular complexity index is 297. The van der Waals surface area contributed by atoms with E-state index < -0.39 is 0 Å². The fourth-order valence-electron chi connectivity index (χ4n) is 3.17. The average molecular weight is 253 g/mol. The summed E-state index contributed by atoms with van der Waals surface area (Å²) >= 11 is 0. The Balaban J connectivity index is 1.74. The van der Waals surface area contributed by atoms with Crippen molar-refractivity contribution in [3.8, 4) is 0 Å². The predicted octanol–water partition coefficient (Wildman–Crippen LogP) is 0.786. The van der Waals surface area contributed by atoms with Gasteiger partial charge in [0.15, 0.2) is 0 Å². The van der Waals surface area contributed by atoms with Gasteiger partial charge in [-0.3, -0.25) is 4.79 Å². The van der Waals surface area contributed by atoms with E-state index >= 15 is 0 Å². The lowest BCUT2D eigenvalue weighted by Gasteiger charge is -2.25. The summed E-state index contributed by atoms with van der Waals surface area (Å²) < 4.78 is 0. The highest BCUT2D eigenvalue weighted by Gasteiger charge is 2.58. The largest absolute Gasteiger partial charge is 0.345 e. The molecule has 0 radical (unpaired) electrons. The molecule has 1 N–H and O–H groups in total. The average Bonchev–Trinajstić information content (AvgIpc) is 3.02. The third kappa shape index (κ3) is 3.04. The second-order valence-electron chi connectivity index (χ2n) is 6.29. The van der Waals surface area contributed by atoms with Gasteiger partial charge in [-0.2, -0.15) is 0 Å². The molecule has 1 aliphatic carbocycles. The van der Waals surface area contributed by atoms with Gasteiger partial charge >= 0.3 is 0 Å². The van der Waals surface area contributed by atoms with Gasteiger partial charge in [-0.05, 0) is 64.8 Å². The van der Waals surface area contributed by atoms with Crippen molar-refractivity contribution in [2.24, 2.45) is 11.3 Å². The summed E-state index contributed by atoms with van der Waals surface area (Å²) in [5.41, 5.74) is 0.373. The first-order valence-corrected chi connectivity index (χ1v) is 7.16. The molecule has 1 atom stereocenters. The Morgan fingerprint density at radius 1 is 1.22 bits per heavy atom. The van der Waals surface area contributed by atoms with Gasteiger partial charge in [-0.25, -0.2) is 0 Å². The molecule has 1 amide bonds. The van der Waals surface area contributed by atoms with Crippen molar-refractivity contribution in [2.45, 2.75) is 25.7 Å². The van der Waals surface area contributed by atoms with Gasteiger partial charge in [0.05, 0.1) is 0 Å². The van der Waals surface area contributed by atoms with Crippen LogP contribution >= 0.6 is 0 Å². The summed E-state index contributed by atoms with van der Waals surface area (Å²) in [7, 11) is 6.12. The molecule has 2 fully saturated rings. The van der Waals surface area contributed by atoms with Gasteiger partial charge in [0, 0.05) is 19.5 Å². The van der Waals surface area contributed by atoms with Crippen LogP contribution in [0.5, 0.6) is 0 Å². The summed E-state index contributed by atoms with van der Waals surface area (Å²) in [4.78, 5) is 16.5. The summed E-state index contributed by atoms with van der Waals surface area (Å²) in [6.07, 6.45) is 4.58. The highest BCUT2D eigenvalue weighted by atomic mass is 16.2. The lowest BCUT2D eigenvalue weighted by atomic mass is 9.91. The first kappa shape index (κ1) is 13.8. The van der Waals surface area contributed by atoms with Crippen molar-refractivity contribution in [1.82, 2.24) is 15.1 Å². The minimum atomic E-state index is 0.323. The van der Waals surface area contributed by atoms with E-state index in [1.165, 1.54) is 12.8 Å². The van der Waals surface area contributed by atoms with Crippen LogP contribution in [-0.2, 0) is 4.79 Å². The number of amides is 1. The van der Waals surface area contributed by atoms with E-state index in [-0.39, 0.29) is 0 Å². The first-order chi connectivity index (χ1) is 8.55. The maximum atomic E-state index is 12.3. The van der Waals surface area contributed by atoms with Crippen LogP contribution in [-0.4, -0.2) is 63.0 Å². The normalized spacial score (nSPS) is 25.4. The van der Waals surface area contributed by atoms with Crippen LogP contribution < -0.4 is 5.32 Å². The Morgan fingerprint density at radius 3 is 2.50 bits per heavy atom. The van der Waals surface area contributed by atoms with E-state index in [4.69, 9.17) is 0 Å². The fourth-order valence-corrected chi connectivity index (χ4v) is 3.17. The van der Waals surface area contributed by atoms with Crippen LogP contribution in [0.25, 0.3) is 0 Å². The molecule has 1 unspecified atom stereocenters. The number of nitrogens with one attached hydrogen (secondary N) is 1. The monoisotopic (exact) mass is 253 g/mol. The van der Waals surface area contributed by atoms with Crippen molar-refractivity contribution in [2.75, 3.05) is 47.3 Å². The number of hydrogen-bond donors (Lipinski definition) is 1. The highest BCUT2D eigenvalue weighted by molar-refractivity contribution is 5.82. The van der Waals surface area contributed by atoms with Crippen molar-refractivity contribution in [3.63, 3.8) is 0 Å². The minimum Gasteiger partial charge on any atom is -0.345 e. The number of nitrogens with zero attached hydrogens (tertiary/aromatic N) is 2. The van der Waals surface area contributed by atoms with Crippen LogP contribution in [0.2, 0.25) is 0 Å². The zero-order chi connectivity index (χ0) is 13.2. The molecule has 1 heterocycles. The molecule has 2 aliphatic rings. The molecule has 1 saturated carbocycles. The number of rotatable bonds is 5. The third-order valence-corrected chi connectivity index (χ3v) is 4.56. The van der Waals surface area contributed by atoms with Crippen LogP contribution in [0.3, 0.4) is 0 Å². The second kappa shape index (κ2) is 5.57. The lowest BCUT2D eigenvalue weighted by molar-refractivity contribution is -0.132. The van der Waals surface area contributed by atoms with Gasteiger partial charge in [0.1, 0.15) is 0 Å². The summed E-state index contributed by atoms with van der Waals surface area (Å²) in [6.45, 7) is 4.13. The standard InChI is InChI=1S/C14H27N3O/c1-16(2)9-4-10-17(3)13(18)12-11-14(12)5-7-15-8-6-14/h12,15H,4-11H2,1-3H3. The van der Waals surface area contributed by atoms with Gasteiger partial charge < -0.3 is 15.1 Å². The van der Waals surface area contributed by atoms with Crippen molar-refractivity contribution >= 4 is 5.91 Å². The molecule has 18 heavy (non-hydrogen) atoms. The summed E-state index contributed by atoms with van der Waals surface area (Å²) in [5, 5.41) is 3.39. The first-order valence-electron chi connectivity index (χ1n) is 7.16. The van der Waals surface area contributed by atoms with Crippen molar-refractivity contribution < 1.29 is 4.79 Å². The molecule has 2 rings (SSSR count). The van der Waals surface area contributed by atoms with E-state index in [1.54, 1.807) is 0 Å². The molecule has 1 saturated heterocycles. The van der Waals surface area contributed by atoms with Crippen LogP contribution in [0.4, 0.5) is 0 Å². The van der Waals surface area contributed by atoms with E-state index in [0.717, 1.165) is 39.0 Å². The number of piperidine rings is 1. The molecule has 0 aromatic heterocycles. The third-order valence-electron chi connectivity index (χ3n) is 4.56. The number of carbonyl (C=O) groups is 1. The molecule has 4 nitrogen and oxygen atoms in total. The summed E-state index contributed by atoms with van der Waals surface area (Å²) in [6, 6.07) is 0. The van der Waals surface area contributed by atoms with Crippen LogP contribution in [0, 0.1) is 11.3 Å². The zero-order valence-electron chi connectivity index (χ0n) is 12.0. The Hall–Kier alpha value is -0.610. The van der Waals surface area contributed by atoms with E-state index in [2.05, 4.69) is 24.3 Å². The molecule has 104 valence electrons. The van der Waals surface area contributed by atoms with E-state index in [9.17, 15) is 4.79 Å². The molecular formula is C14H27N3O. The maximum Gasteiger partial charge on any atom is 0.226 e. The molecule has 4 heteroatoms. The van der Waals surface area contributed by atoms with Crippen molar-refractivity contribution in [3.05, 3.63) is 0 Å². The predicted molar refractivity (Wildman–Crippen MR) is 73.5 cm³/mol. The van der Waals surface area contributed by atoms with Crippen LogP contribution in [0.1, 0.15) is 25.7 Å². The van der Waals surface area contributed by atoms with Gasteiger partial charge in [-0.1, -0.05) is 0 Å². The van der Waals surface area contributed by atoms with Gasteiger partial charge in [-0.15, -0.1) is 0 Å². The topological polar surface area (TPSA) is 35.6 Å². The molecule has 0 aromatic carbocycles. The van der Waals surface area contributed by atoms with Crippen molar-refractivity contribution in [1.29, 1.82) is 0 Å². The smallest absolute Gasteiger partial charge is 0.226 e. The van der Waals surface area contributed by atoms with Gasteiger partial charge in [0.2, 0.25) is 5.91 Å². The SMILES string of the molecule is CN(C)CCCN(C)C(=O)C1CC12CCNCC2. The lowest BCUT2D eigenvalue weighted by Crippen LogP contribution is -2.35. The Kier molecular flexibility index (Phi) is 4.28. The van der Waals surface area contributed by atoms with Gasteiger partial charge in [0.25, 0.3) is 0 Å². The molecular weight excluding hydrogens is 226 g/mol. The molecule has 1 spiro atoms. The zero-order valence-corrected chi connectivity index (χ0v) is 12.0. The summed E-state index contributed by atoms with van der Waals surface area (Å²) in [5.74, 6) is 0.708. The molecule has 1 aliphatic heterocycles. The molecule has 0 aromatic rings. The maximum absolute atomic E-state index is 12.3. The Labute approximate surface area is 111 Å². The number of hydrogen-bond acceptors (Lipinski definition) is 3. The highest BCUT2D eigenvalue weighted by Crippen LogP contribution is 2.59. The number of carbonyl (C=O) groups excluding carboxylic acids is 1. The van der Waals surface area contributed by atoms with E-state index in [0.29, 0.717) is 17.2 Å². The molecule has 0 bridgehead atoms. The Morgan fingerprint density at radius 2 is 1.89 bits per heavy atom. The fraction of sp³-hybridized carbons (Fsp3) is 0.929.